The maximum absolute atomic E-state index is 12.8. The minimum absolute atomic E-state index is 0.174. The lowest BCUT2D eigenvalue weighted by atomic mass is 10.0. The van der Waals surface area contributed by atoms with Gasteiger partial charge in [-0.05, 0) is 18.8 Å². The van der Waals surface area contributed by atoms with Gasteiger partial charge < -0.3 is 18.8 Å². The number of hydrogen-bond donors (Lipinski definition) is 2. The van der Waals surface area contributed by atoms with Gasteiger partial charge in [-0.25, -0.2) is 0 Å². The van der Waals surface area contributed by atoms with Gasteiger partial charge in [0.1, 0.15) is 0 Å². The van der Waals surface area contributed by atoms with Crippen molar-refractivity contribution in [3.63, 3.8) is 0 Å². The average Bonchev–Trinajstić information content (AvgIpc) is 3.16. The van der Waals surface area contributed by atoms with Crippen LogP contribution in [0.5, 0.6) is 0 Å². The Balaban J connectivity index is 4.44. The number of carbonyl (C=O) groups is 4. The largest absolute Gasteiger partial charge is 0.481 e. The zero-order chi connectivity index (χ0) is 44.2. The summed E-state index contributed by atoms with van der Waals surface area (Å²) in [7, 11) is -10.5. The molecule has 0 spiro atoms. The van der Waals surface area contributed by atoms with Gasteiger partial charge in [-0.15, -0.1) is 0 Å². The molecule has 0 amide bonds. The third-order valence-electron chi connectivity index (χ3n) is 10.6. The lowest BCUT2D eigenvalue weighted by molar-refractivity contribution is -0.148. The quantitative estimate of drug-likeness (QED) is 0.0254. The highest BCUT2D eigenvalue weighted by Crippen LogP contribution is 2.19. The van der Waals surface area contributed by atoms with E-state index < -0.39 is 67.5 Å². The lowest BCUT2D eigenvalue weighted by Crippen LogP contribution is -2.39. The molecule has 0 bridgehead atoms. The standard InChI is InChI=1S/C44H82O13S2/c1-4-5-6-7-8-9-10-11-12-13-16-19-23-26-29-32-35-56-44(49)40(36-41(45)46)59(53,54)57-42(47)37-39(58(50,51)52)43(48)55-34-31-28-25-22-20-17-14-15-18-21-24-27-30-33-38(2)3/h38-40H,4-37H2,1-3H3,(H,45,46)(H,50,51,52). The second-order valence-corrected chi connectivity index (χ2v) is 20.0. The number of aliphatic carboxylic acids is 1. The summed E-state index contributed by atoms with van der Waals surface area (Å²) in [6.45, 7) is 6.39. The van der Waals surface area contributed by atoms with E-state index in [-0.39, 0.29) is 13.2 Å². The van der Waals surface area contributed by atoms with Crippen LogP contribution in [0.25, 0.3) is 0 Å². The van der Waals surface area contributed by atoms with Gasteiger partial charge in [-0.1, -0.05) is 201 Å². The number of carbonyl (C=O) groups excluding carboxylic acids is 3. The van der Waals surface area contributed by atoms with Crippen LogP contribution in [-0.2, 0) is 53.1 Å². The summed E-state index contributed by atoms with van der Waals surface area (Å²) in [5.41, 5.74) is 0. The molecule has 0 saturated carbocycles. The number of ether oxygens (including phenoxy) is 2. The molecule has 0 aliphatic carbocycles. The summed E-state index contributed by atoms with van der Waals surface area (Å²) < 4.78 is 73.4. The van der Waals surface area contributed by atoms with Gasteiger partial charge in [0.05, 0.1) is 26.1 Å². The van der Waals surface area contributed by atoms with Crippen LogP contribution in [0.3, 0.4) is 0 Å². The van der Waals surface area contributed by atoms with Gasteiger partial charge in [-0.3, -0.25) is 23.7 Å². The predicted octanol–water partition coefficient (Wildman–Crippen LogP) is 10.8. The summed E-state index contributed by atoms with van der Waals surface area (Å²) in [6, 6.07) is 0. The predicted molar refractivity (Wildman–Crippen MR) is 232 cm³/mol. The molecule has 0 aromatic heterocycles. The molecule has 2 unspecified atom stereocenters. The molecule has 13 nitrogen and oxygen atoms in total. The topological polar surface area (TPSA) is 205 Å². The van der Waals surface area contributed by atoms with Crippen molar-refractivity contribution in [1.29, 1.82) is 0 Å². The monoisotopic (exact) mass is 883 g/mol. The van der Waals surface area contributed by atoms with Crippen LogP contribution in [-0.4, -0.2) is 74.1 Å². The highest BCUT2D eigenvalue weighted by atomic mass is 32.2. The van der Waals surface area contributed by atoms with E-state index in [1.165, 1.54) is 116 Å². The third kappa shape index (κ3) is 34.1. The van der Waals surface area contributed by atoms with E-state index in [9.17, 15) is 45.7 Å². The Kier molecular flexibility index (Phi) is 35.0. The first kappa shape index (κ1) is 56.7. The van der Waals surface area contributed by atoms with Crippen LogP contribution in [0.4, 0.5) is 0 Å². The van der Waals surface area contributed by atoms with Crippen LogP contribution < -0.4 is 0 Å². The molecular formula is C44H82O13S2. The summed E-state index contributed by atoms with van der Waals surface area (Å²) in [5.74, 6) is -5.62. The first-order valence-electron chi connectivity index (χ1n) is 23.1. The van der Waals surface area contributed by atoms with E-state index in [0.29, 0.717) is 25.7 Å². The molecule has 2 N–H and O–H groups in total. The Bertz CT molecular complexity index is 1320. The van der Waals surface area contributed by atoms with E-state index in [2.05, 4.69) is 25.0 Å². The van der Waals surface area contributed by atoms with E-state index in [1.807, 2.05) is 0 Å². The van der Waals surface area contributed by atoms with E-state index in [0.717, 1.165) is 57.3 Å². The van der Waals surface area contributed by atoms with Crippen LogP contribution in [0.2, 0.25) is 0 Å². The van der Waals surface area contributed by atoms with Crippen molar-refractivity contribution in [2.75, 3.05) is 13.2 Å². The first-order valence-corrected chi connectivity index (χ1v) is 26.1. The fourth-order valence-electron chi connectivity index (χ4n) is 6.93. The minimum Gasteiger partial charge on any atom is -0.481 e. The number of esters is 2. The number of unbranched alkanes of at least 4 members (excludes halogenated alkanes) is 27. The molecule has 0 aliphatic rings. The molecule has 15 heteroatoms. The maximum atomic E-state index is 12.8. The zero-order valence-electron chi connectivity index (χ0n) is 37.0. The smallest absolute Gasteiger partial charge is 0.328 e. The van der Waals surface area contributed by atoms with Crippen LogP contribution in [0.15, 0.2) is 0 Å². The molecule has 348 valence electrons. The second-order valence-electron chi connectivity index (χ2n) is 16.7. The Morgan fingerprint density at radius 2 is 0.797 bits per heavy atom. The van der Waals surface area contributed by atoms with Gasteiger partial charge >= 0.3 is 34.0 Å². The lowest BCUT2D eigenvalue weighted by Gasteiger charge is -2.16. The zero-order valence-corrected chi connectivity index (χ0v) is 38.6. The van der Waals surface area contributed by atoms with Crippen molar-refractivity contribution in [2.24, 2.45) is 5.92 Å². The first-order chi connectivity index (χ1) is 28.1. The molecule has 0 radical (unpaired) electrons. The Morgan fingerprint density at radius 1 is 0.475 bits per heavy atom. The highest BCUT2D eigenvalue weighted by Gasteiger charge is 2.42. The molecular weight excluding hydrogens is 801 g/mol. The van der Waals surface area contributed by atoms with Gasteiger partial charge in [0.25, 0.3) is 10.1 Å². The molecule has 0 heterocycles. The number of rotatable bonds is 42. The Hall–Kier alpha value is -2.26. The fourth-order valence-corrected chi connectivity index (χ4v) is 8.68. The van der Waals surface area contributed by atoms with Crippen LogP contribution in [0.1, 0.15) is 226 Å². The van der Waals surface area contributed by atoms with E-state index in [1.54, 1.807) is 0 Å². The molecule has 2 atom stereocenters. The molecule has 59 heavy (non-hydrogen) atoms. The molecule has 0 aromatic carbocycles. The number of carboxylic acids is 1. The molecule has 0 fully saturated rings. The van der Waals surface area contributed by atoms with E-state index in [4.69, 9.17) is 9.47 Å². The van der Waals surface area contributed by atoms with Gasteiger partial charge in [-0.2, -0.15) is 16.8 Å². The van der Waals surface area contributed by atoms with Crippen LogP contribution >= 0.6 is 0 Å². The van der Waals surface area contributed by atoms with Crippen molar-refractivity contribution in [3.8, 4) is 0 Å². The fraction of sp³-hybridized carbons (Fsp3) is 0.909. The molecule has 0 aromatic rings. The van der Waals surface area contributed by atoms with Crippen molar-refractivity contribution in [2.45, 2.75) is 237 Å². The summed E-state index contributed by atoms with van der Waals surface area (Å²) in [5, 5.41) is 4.33. The summed E-state index contributed by atoms with van der Waals surface area (Å²) in [6.07, 6.45) is 31.0. The van der Waals surface area contributed by atoms with Gasteiger partial charge in [0.2, 0.25) is 5.25 Å². The van der Waals surface area contributed by atoms with Crippen LogP contribution in [0, 0.1) is 5.92 Å². The average molecular weight is 883 g/mol. The van der Waals surface area contributed by atoms with Gasteiger partial charge in [0.15, 0.2) is 5.25 Å². The molecule has 0 rings (SSSR count). The Morgan fingerprint density at radius 3 is 1.12 bits per heavy atom. The van der Waals surface area contributed by atoms with Crippen molar-refractivity contribution in [3.05, 3.63) is 0 Å². The SMILES string of the molecule is CCCCCCCCCCCCCCCCCCOC(=O)C(CC(=O)O)S(=O)(=O)OC(=O)CC(C(=O)OCCCCCCCCCCCCCCCC(C)C)S(=O)(=O)O. The molecule has 0 saturated heterocycles. The van der Waals surface area contributed by atoms with Crippen molar-refractivity contribution < 1.29 is 59.3 Å². The molecule has 0 aliphatic heterocycles. The van der Waals surface area contributed by atoms with Crippen molar-refractivity contribution in [1.82, 2.24) is 0 Å². The van der Waals surface area contributed by atoms with Gasteiger partial charge in [0, 0.05) is 0 Å². The van der Waals surface area contributed by atoms with Crippen molar-refractivity contribution >= 4 is 44.1 Å². The maximum Gasteiger partial charge on any atom is 0.328 e. The summed E-state index contributed by atoms with van der Waals surface area (Å²) in [4.78, 5) is 49.0. The Labute approximate surface area is 358 Å². The minimum atomic E-state index is -5.29. The number of hydrogen-bond acceptors (Lipinski definition) is 11. The summed E-state index contributed by atoms with van der Waals surface area (Å²) >= 11 is 0. The third-order valence-corrected chi connectivity index (χ3v) is 13.1. The normalized spacial score (nSPS) is 13.0. The highest BCUT2D eigenvalue weighted by molar-refractivity contribution is 7.88. The van der Waals surface area contributed by atoms with E-state index >= 15 is 0 Å². The number of carboxylic acid groups (broad SMARTS) is 1. The second kappa shape index (κ2) is 36.4.